The number of hydrogen-bond donors (Lipinski definition) is 1. The van der Waals surface area contributed by atoms with Crippen molar-refractivity contribution >= 4 is 17.5 Å². The summed E-state index contributed by atoms with van der Waals surface area (Å²) in [6, 6.07) is 0. The van der Waals surface area contributed by atoms with Gasteiger partial charge in [0.2, 0.25) is 0 Å². The summed E-state index contributed by atoms with van der Waals surface area (Å²) in [6.45, 7) is 18.4. The van der Waals surface area contributed by atoms with Gasteiger partial charge in [0.05, 0.1) is 6.10 Å². The number of esters is 1. The molecule has 0 amide bonds. The minimum absolute atomic E-state index is 0.108. The van der Waals surface area contributed by atoms with Gasteiger partial charge in [0.15, 0.2) is 0 Å². The first-order valence-corrected chi connectivity index (χ1v) is 24.1. The average molecular weight is 779 g/mol. The Bertz CT molecular complexity index is 866. The van der Waals surface area contributed by atoms with E-state index >= 15 is 0 Å². The van der Waals surface area contributed by atoms with Crippen LogP contribution in [0.3, 0.4) is 0 Å². The number of ketones is 2. The van der Waals surface area contributed by atoms with Gasteiger partial charge < -0.3 is 9.84 Å². The summed E-state index contributed by atoms with van der Waals surface area (Å²) in [6.07, 6.45) is 39.2. The second-order valence-corrected chi connectivity index (χ2v) is 19.0. The Kier molecular flexibility index (Phi) is 38.9. The Hall–Kier alpha value is -1.23. The number of rotatable bonds is 37. The molecule has 0 aliphatic carbocycles. The summed E-state index contributed by atoms with van der Waals surface area (Å²) < 4.78 is 5.82. The van der Waals surface area contributed by atoms with Gasteiger partial charge in [0.1, 0.15) is 17.7 Å². The Labute approximate surface area is 344 Å². The minimum Gasteiger partial charge on any atom is -0.462 e. The van der Waals surface area contributed by atoms with E-state index in [9.17, 15) is 19.5 Å². The highest BCUT2D eigenvalue weighted by molar-refractivity contribution is 5.84. The minimum atomic E-state index is -0.439. The van der Waals surface area contributed by atoms with Gasteiger partial charge in [-0.15, -0.1) is 0 Å². The lowest BCUT2D eigenvalue weighted by Gasteiger charge is -2.22. The summed E-state index contributed by atoms with van der Waals surface area (Å²) in [5, 5.41) is 9.86. The number of unbranched alkanes of at least 4 members (excludes halogenated alkanes) is 26. The van der Waals surface area contributed by atoms with Gasteiger partial charge >= 0.3 is 5.97 Å². The quantitative estimate of drug-likeness (QED) is 0.0502. The SMILES string of the molecule is CCCCCCCCCCCCCC(=O)O[C@H](CCCCCCCCCCC)CC(=O)C(C)(C)C.CCCCCCCCCCC[C@@H](O)CC(=O)C(C)(C)C. The maximum absolute atomic E-state index is 12.6. The molecular weight excluding hydrogens is 681 g/mol. The van der Waals surface area contributed by atoms with E-state index in [2.05, 4.69) is 20.8 Å². The second-order valence-electron chi connectivity index (χ2n) is 19.0. The van der Waals surface area contributed by atoms with Crippen LogP contribution in [0.15, 0.2) is 0 Å². The largest absolute Gasteiger partial charge is 0.462 e. The van der Waals surface area contributed by atoms with Crippen LogP contribution in [0.5, 0.6) is 0 Å². The number of carbonyl (C=O) groups excluding carboxylic acids is 3. The molecule has 0 aliphatic rings. The van der Waals surface area contributed by atoms with Gasteiger partial charge in [-0.3, -0.25) is 14.4 Å². The molecule has 0 fully saturated rings. The van der Waals surface area contributed by atoms with E-state index in [1.54, 1.807) is 0 Å². The van der Waals surface area contributed by atoms with Crippen molar-refractivity contribution in [2.24, 2.45) is 10.8 Å². The van der Waals surface area contributed by atoms with Crippen LogP contribution in [-0.2, 0) is 19.1 Å². The van der Waals surface area contributed by atoms with Gasteiger partial charge in [0, 0.05) is 30.1 Å². The number of Topliss-reactive ketones (excluding diaryl/α,β-unsaturated/α-hetero) is 2. The monoisotopic (exact) mass is 779 g/mol. The maximum Gasteiger partial charge on any atom is 0.306 e. The summed E-state index contributed by atoms with van der Waals surface area (Å²) in [4.78, 5) is 36.8. The third-order valence-electron chi connectivity index (χ3n) is 11.1. The normalized spacial score (nSPS) is 12.9. The predicted molar refractivity (Wildman–Crippen MR) is 239 cm³/mol. The number of aliphatic hydroxyl groups is 1. The third kappa shape index (κ3) is 40.8. The first-order valence-electron chi connectivity index (χ1n) is 24.1. The molecule has 0 saturated heterocycles. The molecule has 0 unspecified atom stereocenters. The molecule has 0 rings (SSSR count). The standard InChI is InChI=1S/C32H62O3.C18H36O2/c1-6-8-10-12-14-16-17-19-21-23-25-27-31(34)35-29(28-30(33)32(3,4)5)26-24-22-20-18-15-13-11-9-7-2;1-5-6-7-8-9-10-11-12-13-14-16(19)15-17(20)18(2,3)4/h29H,6-28H2,1-5H3;16,19H,5-15H2,1-4H3/t29-;16-/m11/s1. The lowest BCUT2D eigenvalue weighted by Crippen LogP contribution is -2.28. The predicted octanol–water partition coefficient (Wildman–Crippen LogP) is 15.8. The molecule has 0 heterocycles. The van der Waals surface area contributed by atoms with Crippen molar-refractivity contribution in [1.82, 2.24) is 0 Å². The van der Waals surface area contributed by atoms with Crippen LogP contribution in [-0.4, -0.2) is 34.9 Å². The molecular formula is C50H98O5. The van der Waals surface area contributed by atoms with Crippen molar-refractivity contribution in [3.05, 3.63) is 0 Å². The Balaban J connectivity index is 0. The van der Waals surface area contributed by atoms with E-state index in [1.807, 2.05) is 41.5 Å². The Morgan fingerprint density at radius 1 is 0.418 bits per heavy atom. The number of ether oxygens (including phenoxy) is 1. The Morgan fingerprint density at radius 3 is 1.05 bits per heavy atom. The Morgan fingerprint density at radius 2 is 0.709 bits per heavy atom. The topological polar surface area (TPSA) is 80.7 Å². The second kappa shape index (κ2) is 38.3. The lowest BCUT2D eigenvalue weighted by atomic mass is 9.87. The molecule has 0 aromatic heterocycles. The van der Waals surface area contributed by atoms with E-state index in [0.717, 1.165) is 38.5 Å². The number of carbonyl (C=O) groups is 3. The fourth-order valence-electron chi connectivity index (χ4n) is 6.89. The molecule has 5 nitrogen and oxygen atoms in total. The fraction of sp³-hybridized carbons (Fsp3) is 0.940. The van der Waals surface area contributed by atoms with Gasteiger partial charge in [-0.1, -0.05) is 236 Å². The van der Waals surface area contributed by atoms with E-state index < -0.39 is 6.10 Å². The number of hydrogen-bond acceptors (Lipinski definition) is 5. The summed E-state index contributed by atoms with van der Waals surface area (Å²) >= 11 is 0. The highest BCUT2D eigenvalue weighted by atomic mass is 16.5. The fourth-order valence-corrected chi connectivity index (χ4v) is 6.89. The zero-order chi connectivity index (χ0) is 41.6. The molecule has 5 heteroatoms. The number of aliphatic hydroxyl groups excluding tert-OH is 1. The van der Waals surface area contributed by atoms with Crippen LogP contribution in [0, 0.1) is 10.8 Å². The van der Waals surface area contributed by atoms with Crippen molar-refractivity contribution in [1.29, 1.82) is 0 Å². The van der Waals surface area contributed by atoms with Crippen molar-refractivity contribution in [3.63, 3.8) is 0 Å². The molecule has 55 heavy (non-hydrogen) atoms. The third-order valence-corrected chi connectivity index (χ3v) is 11.1. The molecule has 2 atom stereocenters. The highest BCUT2D eigenvalue weighted by Gasteiger charge is 2.26. The van der Waals surface area contributed by atoms with Gasteiger partial charge in [-0.25, -0.2) is 0 Å². The van der Waals surface area contributed by atoms with E-state index in [-0.39, 0.29) is 34.5 Å². The molecule has 0 radical (unpaired) electrons. The van der Waals surface area contributed by atoms with E-state index in [4.69, 9.17) is 4.74 Å². The highest BCUT2D eigenvalue weighted by Crippen LogP contribution is 2.23. The van der Waals surface area contributed by atoms with E-state index in [0.29, 0.717) is 19.3 Å². The van der Waals surface area contributed by atoms with Crippen LogP contribution in [0.4, 0.5) is 0 Å². The molecule has 0 aliphatic heterocycles. The molecule has 1 N–H and O–H groups in total. The summed E-state index contributed by atoms with van der Waals surface area (Å²) in [7, 11) is 0. The molecule has 0 bridgehead atoms. The zero-order valence-corrected chi connectivity index (χ0v) is 38.8. The first-order chi connectivity index (χ1) is 26.2. The van der Waals surface area contributed by atoms with Gasteiger partial charge in [-0.2, -0.15) is 0 Å². The average Bonchev–Trinajstić information content (AvgIpc) is 3.11. The van der Waals surface area contributed by atoms with E-state index in [1.165, 1.54) is 161 Å². The van der Waals surface area contributed by atoms with Crippen molar-refractivity contribution < 1.29 is 24.2 Å². The van der Waals surface area contributed by atoms with Crippen LogP contribution in [0.1, 0.15) is 281 Å². The van der Waals surface area contributed by atoms with Crippen LogP contribution in [0.25, 0.3) is 0 Å². The summed E-state index contributed by atoms with van der Waals surface area (Å²) in [5.41, 5.74) is -0.696. The smallest absolute Gasteiger partial charge is 0.306 e. The summed E-state index contributed by atoms with van der Waals surface area (Å²) in [5.74, 6) is 0.255. The van der Waals surface area contributed by atoms with Crippen LogP contribution in [0.2, 0.25) is 0 Å². The maximum atomic E-state index is 12.6. The van der Waals surface area contributed by atoms with Gasteiger partial charge in [0.25, 0.3) is 0 Å². The molecule has 0 aromatic carbocycles. The van der Waals surface area contributed by atoms with Crippen LogP contribution < -0.4 is 0 Å². The molecule has 0 aromatic rings. The lowest BCUT2D eigenvalue weighted by molar-refractivity contribution is -0.151. The van der Waals surface area contributed by atoms with Crippen molar-refractivity contribution in [2.75, 3.05) is 0 Å². The zero-order valence-electron chi connectivity index (χ0n) is 38.8. The first kappa shape index (κ1) is 55.9. The van der Waals surface area contributed by atoms with Crippen molar-refractivity contribution in [2.45, 2.75) is 293 Å². The molecule has 328 valence electrons. The molecule has 0 saturated carbocycles. The van der Waals surface area contributed by atoms with Crippen molar-refractivity contribution in [3.8, 4) is 0 Å². The van der Waals surface area contributed by atoms with Gasteiger partial charge in [-0.05, 0) is 25.7 Å². The van der Waals surface area contributed by atoms with Crippen LogP contribution >= 0.6 is 0 Å². The molecule has 0 spiro atoms.